The number of hydrogen-bond donors (Lipinski definition) is 1. The summed E-state index contributed by atoms with van der Waals surface area (Å²) in [5.74, 6) is -55.0. The summed E-state index contributed by atoms with van der Waals surface area (Å²) in [4.78, 5) is 10.6. The highest BCUT2D eigenvalue weighted by atomic mass is 32.2. The largest absolute Gasteiger partial charge is 0.477 e. The quantitative estimate of drug-likeness (QED) is 0.263. The predicted molar refractivity (Wildman–Crippen MR) is 78.8 cm³/mol. The summed E-state index contributed by atoms with van der Waals surface area (Å²) < 4.78 is 246. The smallest absolute Gasteiger partial charge is 0.460 e. The molecule has 0 saturated heterocycles. The Morgan fingerprint density at radius 2 is 0.944 bits per heavy atom. The van der Waals surface area contributed by atoms with E-state index in [1.165, 1.54) is 0 Å². The molecule has 0 radical (unpaired) electrons. The van der Waals surface area contributed by atoms with Crippen LogP contribution >= 0.6 is 0 Å². The minimum atomic E-state index is -8.97. The first-order chi connectivity index (χ1) is 15.3. The van der Waals surface area contributed by atoms with E-state index in [1.54, 1.807) is 0 Å². The van der Waals surface area contributed by atoms with E-state index in [9.17, 15) is 87.8 Å². The molecule has 0 aliphatic carbocycles. The van der Waals surface area contributed by atoms with Crippen molar-refractivity contribution >= 4 is 16.0 Å². The van der Waals surface area contributed by atoms with Gasteiger partial charge < -0.3 is 5.11 Å². The number of hydrogen-bond acceptors (Lipinski definition) is 3. The first-order valence-electron chi connectivity index (χ1n) is 7.96. The van der Waals surface area contributed by atoms with Crippen LogP contribution in [0.3, 0.4) is 0 Å². The highest BCUT2D eigenvalue weighted by Gasteiger charge is 2.96. The molecule has 36 heavy (non-hydrogen) atoms. The van der Waals surface area contributed by atoms with Gasteiger partial charge in [-0.2, -0.15) is 83.1 Å². The van der Waals surface area contributed by atoms with Crippen molar-refractivity contribution in [1.29, 1.82) is 0 Å². The minimum Gasteiger partial charge on any atom is -0.477 e. The third kappa shape index (κ3) is 4.09. The van der Waals surface area contributed by atoms with Crippen molar-refractivity contribution in [2.24, 2.45) is 0 Å². The zero-order valence-electron chi connectivity index (χ0n) is 16.4. The highest BCUT2D eigenvalue weighted by Crippen LogP contribution is 2.64. The molecule has 0 saturated carbocycles. The van der Waals surface area contributed by atoms with E-state index in [1.807, 2.05) is 0 Å². The van der Waals surface area contributed by atoms with Crippen molar-refractivity contribution in [2.45, 2.75) is 53.9 Å². The molecule has 0 fully saturated rings. The third-order valence-corrected chi connectivity index (χ3v) is 6.11. The summed E-state index contributed by atoms with van der Waals surface area (Å²) in [5, 5.41) is 0.643. The first-order valence-corrected chi connectivity index (χ1v) is 9.40. The molecule has 0 aliphatic heterocycles. The monoisotopic (exact) mass is 597 g/mol. The van der Waals surface area contributed by atoms with Gasteiger partial charge in [-0.1, -0.05) is 6.58 Å². The Morgan fingerprint density at radius 3 is 1.19 bits per heavy atom. The molecule has 0 amide bonds. The maximum Gasteiger partial charge on any atom is 0.460 e. The van der Waals surface area contributed by atoms with Gasteiger partial charge in [-0.3, -0.25) is 4.31 Å². The second-order valence-electron chi connectivity index (χ2n) is 6.38. The molecule has 0 unspecified atom stereocenters. The van der Waals surface area contributed by atoms with E-state index in [0.29, 0.717) is 6.92 Å². The number of carboxylic acids is 1. The molecule has 5 nitrogen and oxygen atoms in total. The average molecular weight is 597 g/mol. The molecule has 0 aromatic rings. The second kappa shape index (κ2) is 8.67. The summed E-state index contributed by atoms with van der Waals surface area (Å²) in [5.41, 5.74) is -2.16. The maximum atomic E-state index is 14.0. The van der Waals surface area contributed by atoms with Crippen LogP contribution in [0.25, 0.3) is 0 Å². The lowest BCUT2D eigenvalue weighted by Crippen LogP contribution is -2.75. The van der Waals surface area contributed by atoms with Gasteiger partial charge >= 0.3 is 63.0 Å². The van der Waals surface area contributed by atoms with Crippen LogP contribution in [0, 0.1) is 0 Å². The van der Waals surface area contributed by atoms with Crippen molar-refractivity contribution in [3.63, 3.8) is 0 Å². The van der Waals surface area contributed by atoms with Gasteiger partial charge in [0.25, 0.3) is 0 Å². The highest BCUT2D eigenvalue weighted by molar-refractivity contribution is 7.90. The molecule has 0 atom stereocenters. The van der Waals surface area contributed by atoms with Gasteiger partial charge in [-0.15, -0.1) is 0 Å². The lowest BCUT2D eigenvalue weighted by atomic mass is 9.91. The number of carbonyl (C=O) groups is 1. The molecular formula is C13H8F17NO4S. The molecule has 0 bridgehead atoms. The summed E-state index contributed by atoms with van der Waals surface area (Å²) >= 11 is 0. The minimum absolute atomic E-state index is 0.320. The fraction of sp³-hybridized carbons (Fsp3) is 0.769. The molecule has 23 heteroatoms. The van der Waals surface area contributed by atoms with Crippen molar-refractivity contribution in [3.8, 4) is 0 Å². The number of carboxylic acid groups (broad SMARTS) is 1. The zero-order chi connectivity index (χ0) is 29.9. The molecule has 0 aromatic carbocycles. The Balaban J connectivity index is 7.17. The zero-order valence-corrected chi connectivity index (χ0v) is 17.2. The molecular weight excluding hydrogens is 589 g/mol. The standard InChI is InChI=1S/C13H8F17NO4S/c1-3-31(4(2)5(32)33)36(34,35)13(29,30)11(24,25)9(20,21)7(16,17)6(14,15)8(18,19)10(22,23)12(26,27)28/h2-3H2,1H3,(H,32,33). The van der Waals surface area contributed by atoms with E-state index in [2.05, 4.69) is 6.58 Å². The Labute approximate surface area is 187 Å². The predicted octanol–water partition coefficient (Wildman–Crippen LogP) is 5.20. The van der Waals surface area contributed by atoms with Crippen molar-refractivity contribution < 1.29 is 93.0 Å². The van der Waals surface area contributed by atoms with Gasteiger partial charge in [0.2, 0.25) is 0 Å². The van der Waals surface area contributed by atoms with E-state index in [0.717, 1.165) is 0 Å². The van der Waals surface area contributed by atoms with Crippen LogP contribution in [0.4, 0.5) is 74.6 Å². The third-order valence-electron chi connectivity index (χ3n) is 4.14. The summed E-state index contributed by atoms with van der Waals surface area (Å²) in [6.07, 6.45) is -7.93. The second-order valence-corrected chi connectivity index (χ2v) is 8.29. The van der Waals surface area contributed by atoms with Gasteiger partial charge in [0.1, 0.15) is 5.70 Å². The van der Waals surface area contributed by atoms with Crippen LogP contribution in [-0.2, 0) is 14.8 Å². The number of halogens is 17. The number of nitrogens with zero attached hydrogens (tertiary/aromatic N) is 1. The maximum absolute atomic E-state index is 14.0. The average Bonchev–Trinajstić information content (AvgIpc) is 2.65. The molecule has 0 aliphatic rings. The molecule has 0 rings (SSSR count). The van der Waals surface area contributed by atoms with Crippen LogP contribution < -0.4 is 0 Å². The van der Waals surface area contributed by atoms with Crippen LogP contribution in [0.5, 0.6) is 0 Å². The Hall–Kier alpha value is -2.23. The lowest BCUT2D eigenvalue weighted by molar-refractivity contribution is -0.458. The number of alkyl halides is 17. The number of sulfonamides is 1. The van der Waals surface area contributed by atoms with Crippen LogP contribution in [0.1, 0.15) is 6.92 Å². The molecule has 0 aromatic heterocycles. The lowest BCUT2D eigenvalue weighted by Gasteiger charge is -2.43. The van der Waals surface area contributed by atoms with Gasteiger partial charge in [0.15, 0.2) is 0 Å². The molecule has 0 heterocycles. The summed E-state index contributed by atoms with van der Waals surface area (Å²) in [6.45, 7) is 0.835. The van der Waals surface area contributed by atoms with Gasteiger partial charge in [-0.05, 0) is 6.92 Å². The van der Waals surface area contributed by atoms with Crippen molar-refractivity contribution in [2.75, 3.05) is 6.54 Å². The van der Waals surface area contributed by atoms with Gasteiger partial charge in [-0.25, -0.2) is 4.79 Å². The first kappa shape index (κ1) is 33.8. The van der Waals surface area contributed by atoms with Crippen molar-refractivity contribution in [1.82, 2.24) is 4.31 Å². The summed E-state index contributed by atoms with van der Waals surface area (Å²) in [6, 6.07) is 0. The van der Waals surface area contributed by atoms with Crippen LogP contribution in [-0.4, -0.2) is 77.3 Å². The number of aliphatic carboxylic acids is 1. The Morgan fingerprint density at radius 1 is 0.667 bits per heavy atom. The normalized spacial score (nSPS) is 15.6. The van der Waals surface area contributed by atoms with Crippen LogP contribution in [0.15, 0.2) is 12.3 Å². The van der Waals surface area contributed by atoms with E-state index in [4.69, 9.17) is 5.11 Å². The van der Waals surface area contributed by atoms with Crippen molar-refractivity contribution in [3.05, 3.63) is 12.3 Å². The SMILES string of the molecule is C=C(C(=O)O)N(CC)S(=O)(=O)C(F)(F)C(F)(F)C(F)(F)C(F)(F)C(F)(F)C(F)(F)C(F)(F)C(F)(F)F. The van der Waals surface area contributed by atoms with Gasteiger partial charge in [0.05, 0.1) is 0 Å². The van der Waals surface area contributed by atoms with Gasteiger partial charge in [0, 0.05) is 6.54 Å². The number of rotatable bonds is 11. The fourth-order valence-electron chi connectivity index (χ4n) is 2.06. The topological polar surface area (TPSA) is 74.7 Å². The summed E-state index contributed by atoms with van der Waals surface area (Å²) in [7, 11) is -7.73. The fourth-order valence-corrected chi connectivity index (χ4v) is 3.50. The van der Waals surface area contributed by atoms with E-state index >= 15 is 0 Å². The number of likely N-dealkylation sites (N-methyl/N-ethyl adjacent to an activating group) is 1. The van der Waals surface area contributed by atoms with Crippen LogP contribution in [0.2, 0.25) is 0 Å². The molecule has 1 N–H and O–H groups in total. The van der Waals surface area contributed by atoms with E-state index in [-0.39, 0.29) is 0 Å². The Kier molecular flexibility index (Phi) is 8.13. The molecule has 214 valence electrons. The Bertz CT molecular complexity index is 985. The molecule has 0 spiro atoms. The van der Waals surface area contributed by atoms with E-state index < -0.39 is 79.5 Å².